The molecule has 0 radical (unpaired) electrons. The lowest BCUT2D eigenvalue weighted by molar-refractivity contribution is 0.0669. The molecule has 2 rings (SSSR count). The summed E-state index contributed by atoms with van der Waals surface area (Å²) in [6, 6.07) is 1.38. The lowest BCUT2D eigenvalue weighted by atomic mass is 9.92. The minimum atomic E-state index is 0.329. The molecular formula is C12H24N2O. The number of aliphatic hydroxyl groups is 1. The van der Waals surface area contributed by atoms with E-state index < -0.39 is 0 Å². The molecule has 1 aliphatic heterocycles. The van der Waals surface area contributed by atoms with Gasteiger partial charge >= 0.3 is 0 Å². The predicted octanol–water partition coefficient (Wildman–Crippen LogP) is 0.975. The van der Waals surface area contributed by atoms with Gasteiger partial charge in [-0.2, -0.15) is 0 Å². The lowest BCUT2D eigenvalue weighted by Gasteiger charge is -2.43. The molecule has 2 aliphatic rings. The predicted molar refractivity (Wildman–Crippen MR) is 61.9 cm³/mol. The topological polar surface area (TPSA) is 35.5 Å². The fourth-order valence-electron chi connectivity index (χ4n) is 3.09. The molecule has 15 heavy (non-hydrogen) atoms. The molecule has 88 valence electrons. The molecule has 0 spiro atoms. The van der Waals surface area contributed by atoms with E-state index in [4.69, 9.17) is 5.11 Å². The van der Waals surface area contributed by atoms with Crippen molar-refractivity contribution in [1.82, 2.24) is 10.2 Å². The molecule has 0 aromatic heterocycles. The molecule has 0 aromatic carbocycles. The fraction of sp³-hybridized carbons (Fsp3) is 1.00. The molecule has 3 nitrogen and oxygen atoms in total. The summed E-state index contributed by atoms with van der Waals surface area (Å²) >= 11 is 0. The first-order valence-electron chi connectivity index (χ1n) is 6.49. The second kappa shape index (κ2) is 5.83. The first-order chi connectivity index (χ1) is 7.42. The van der Waals surface area contributed by atoms with Crippen LogP contribution >= 0.6 is 0 Å². The molecule has 0 amide bonds. The van der Waals surface area contributed by atoms with Gasteiger partial charge in [-0.3, -0.25) is 4.90 Å². The van der Waals surface area contributed by atoms with Gasteiger partial charge in [0.25, 0.3) is 0 Å². The minimum absolute atomic E-state index is 0.329. The van der Waals surface area contributed by atoms with Crippen LogP contribution in [0.5, 0.6) is 0 Å². The van der Waals surface area contributed by atoms with Gasteiger partial charge in [0.05, 0.1) is 0 Å². The summed E-state index contributed by atoms with van der Waals surface area (Å²) in [6.45, 7) is 3.69. The van der Waals surface area contributed by atoms with Crippen molar-refractivity contribution in [2.24, 2.45) is 0 Å². The van der Waals surface area contributed by atoms with E-state index in [1.54, 1.807) is 0 Å². The van der Waals surface area contributed by atoms with E-state index in [-0.39, 0.29) is 0 Å². The number of nitrogens with one attached hydrogen (secondary N) is 1. The highest BCUT2D eigenvalue weighted by Gasteiger charge is 2.28. The van der Waals surface area contributed by atoms with Crippen LogP contribution in [-0.2, 0) is 0 Å². The Balaban J connectivity index is 1.90. The normalized spacial score (nSPS) is 30.6. The van der Waals surface area contributed by atoms with Crippen molar-refractivity contribution in [3.8, 4) is 0 Å². The highest BCUT2D eigenvalue weighted by molar-refractivity contribution is 4.86. The van der Waals surface area contributed by atoms with E-state index in [0.29, 0.717) is 12.6 Å². The summed E-state index contributed by atoms with van der Waals surface area (Å²) in [6.07, 6.45) is 7.92. The van der Waals surface area contributed by atoms with Gasteiger partial charge in [-0.1, -0.05) is 19.3 Å². The maximum absolute atomic E-state index is 9.08. The highest BCUT2D eigenvalue weighted by atomic mass is 16.3. The molecule has 1 aliphatic carbocycles. The van der Waals surface area contributed by atoms with E-state index in [1.165, 1.54) is 38.6 Å². The van der Waals surface area contributed by atoms with Gasteiger partial charge in [0.15, 0.2) is 0 Å². The minimum Gasteiger partial charge on any atom is -0.396 e. The van der Waals surface area contributed by atoms with Crippen LogP contribution in [0.15, 0.2) is 0 Å². The van der Waals surface area contributed by atoms with Crippen LogP contribution in [0.4, 0.5) is 0 Å². The van der Waals surface area contributed by atoms with Crippen LogP contribution < -0.4 is 5.32 Å². The first-order valence-corrected chi connectivity index (χ1v) is 6.49. The Bertz CT molecular complexity index is 168. The third-order valence-corrected chi connectivity index (χ3v) is 3.90. The van der Waals surface area contributed by atoms with Crippen LogP contribution in [0.1, 0.15) is 38.5 Å². The number of aliphatic hydroxyl groups excluding tert-OH is 1. The standard InChI is InChI=1S/C12H24N2O/c15-9-6-12-10-13-7-8-14(12)11-4-2-1-3-5-11/h11-13,15H,1-10H2/t12-/m0/s1. The summed E-state index contributed by atoms with van der Waals surface area (Å²) in [5.74, 6) is 0. The maximum atomic E-state index is 9.08. The fourth-order valence-corrected chi connectivity index (χ4v) is 3.09. The van der Waals surface area contributed by atoms with Crippen molar-refractivity contribution in [3.63, 3.8) is 0 Å². The van der Waals surface area contributed by atoms with E-state index in [1.807, 2.05) is 0 Å². The van der Waals surface area contributed by atoms with Crippen LogP contribution in [-0.4, -0.2) is 48.3 Å². The second-order valence-electron chi connectivity index (χ2n) is 4.90. The second-order valence-corrected chi connectivity index (χ2v) is 4.90. The Morgan fingerprint density at radius 3 is 2.73 bits per heavy atom. The molecule has 1 heterocycles. The first kappa shape index (κ1) is 11.4. The molecular weight excluding hydrogens is 188 g/mol. The van der Waals surface area contributed by atoms with Crippen molar-refractivity contribution < 1.29 is 5.11 Å². The molecule has 0 bridgehead atoms. The smallest absolute Gasteiger partial charge is 0.0446 e. The van der Waals surface area contributed by atoms with Crippen molar-refractivity contribution in [2.75, 3.05) is 26.2 Å². The van der Waals surface area contributed by atoms with Gasteiger partial charge in [0, 0.05) is 38.3 Å². The van der Waals surface area contributed by atoms with Crippen molar-refractivity contribution in [1.29, 1.82) is 0 Å². The number of hydrogen-bond donors (Lipinski definition) is 2. The molecule has 2 N–H and O–H groups in total. The van der Waals surface area contributed by atoms with Crippen LogP contribution in [0.2, 0.25) is 0 Å². The summed E-state index contributed by atoms with van der Waals surface area (Å²) < 4.78 is 0. The summed E-state index contributed by atoms with van der Waals surface area (Å²) in [5, 5.41) is 12.5. The van der Waals surface area contributed by atoms with Crippen LogP contribution in [0, 0.1) is 0 Å². The number of piperazine rings is 1. The van der Waals surface area contributed by atoms with Gasteiger partial charge in [-0.25, -0.2) is 0 Å². The third-order valence-electron chi connectivity index (χ3n) is 3.90. The Morgan fingerprint density at radius 2 is 2.00 bits per heavy atom. The highest BCUT2D eigenvalue weighted by Crippen LogP contribution is 2.25. The number of hydrogen-bond acceptors (Lipinski definition) is 3. The van der Waals surface area contributed by atoms with E-state index in [2.05, 4.69) is 10.2 Å². The average Bonchev–Trinajstić information content (AvgIpc) is 2.31. The Morgan fingerprint density at radius 1 is 1.20 bits per heavy atom. The average molecular weight is 212 g/mol. The van der Waals surface area contributed by atoms with Crippen LogP contribution in [0.3, 0.4) is 0 Å². The quantitative estimate of drug-likeness (QED) is 0.732. The largest absolute Gasteiger partial charge is 0.396 e. The van der Waals surface area contributed by atoms with Crippen molar-refractivity contribution in [3.05, 3.63) is 0 Å². The Labute approximate surface area is 92.8 Å². The molecule has 3 heteroatoms. The van der Waals surface area contributed by atoms with Crippen LogP contribution in [0.25, 0.3) is 0 Å². The van der Waals surface area contributed by atoms with E-state index in [0.717, 1.165) is 25.6 Å². The van der Waals surface area contributed by atoms with Crippen molar-refractivity contribution in [2.45, 2.75) is 50.6 Å². The zero-order chi connectivity index (χ0) is 10.5. The summed E-state index contributed by atoms with van der Waals surface area (Å²) in [5.41, 5.74) is 0. The van der Waals surface area contributed by atoms with Gasteiger partial charge in [-0.15, -0.1) is 0 Å². The molecule has 1 saturated heterocycles. The molecule has 2 fully saturated rings. The maximum Gasteiger partial charge on any atom is 0.0446 e. The van der Waals surface area contributed by atoms with Gasteiger partial charge in [0.1, 0.15) is 0 Å². The Hall–Kier alpha value is -0.120. The zero-order valence-electron chi connectivity index (χ0n) is 9.62. The molecule has 1 saturated carbocycles. The van der Waals surface area contributed by atoms with Gasteiger partial charge in [0.2, 0.25) is 0 Å². The van der Waals surface area contributed by atoms with Gasteiger partial charge in [-0.05, 0) is 19.3 Å². The summed E-state index contributed by atoms with van der Waals surface area (Å²) in [7, 11) is 0. The van der Waals surface area contributed by atoms with E-state index in [9.17, 15) is 0 Å². The number of rotatable bonds is 3. The zero-order valence-corrected chi connectivity index (χ0v) is 9.62. The van der Waals surface area contributed by atoms with Gasteiger partial charge < -0.3 is 10.4 Å². The van der Waals surface area contributed by atoms with E-state index >= 15 is 0 Å². The SMILES string of the molecule is OCC[C@H]1CNCCN1C1CCCCC1. The molecule has 1 atom stereocenters. The number of nitrogens with zero attached hydrogens (tertiary/aromatic N) is 1. The molecule has 0 aromatic rings. The monoisotopic (exact) mass is 212 g/mol. The summed E-state index contributed by atoms with van der Waals surface area (Å²) in [4.78, 5) is 2.66. The third kappa shape index (κ3) is 2.92. The molecule has 0 unspecified atom stereocenters. The Kier molecular flexibility index (Phi) is 4.42. The van der Waals surface area contributed by atoms with Crippen molar-refractivity contribution >= 4 is 0 Å². The lowest BCUT2D eigenvalue weighted by Crippen LogP contribution is -2.55.